The SMILES string of the molecule is CN=C(NCc1ccon1)NCC1(CC(C)C)CCC1. The van der Waals surface area contributed by atoms with E-state index in [9.17, 15) is 0 Å². The second-order valence-corrected chi connectivity index (χ2v) is 6.22. The minimum absolute atomic E-state index is 0.472. The fraction of sp³-hybridized carbons (Fsp3) is 0.733. The Morgan fingerprint density at radius 1 is 1.45 bits per heavy atom. The van der Waals surface area contributed by atoms with Crippen molar-refractivity contribution in [1.82, 2.24) is 15.8 Å². The number of rotatable bonds is 6. The second kappa shape index (κ2) is 6.77. The summed E-state index contributed by atoms with van der Waals surface area (Å²) in [6.07, 6.45) is 6.90. The molecule has 20 heavy (non-hydrogen) atoms. The van der Waals surface area contributed by atoms with E-state index in [0.717, 1.165) is 24.1 Å². The molecule has 1 aromatic heterocycles. The largest absolute Gasteiger partial charge is 0.364 e. The Balaban J connectivity index is 1.78. The molecule has 0 bridgehead atoms. The average molecular weight is 278 g/mol. The summed E-state index contributed by atoms with van der Waals surface area (Å²) in [5, 5.41) is 10.6. The molecule has 2 N–H and O–H groups in total. The van der Waals surface area contributed by atoms with E-state index in [0.29, 0.717) is 12.0 Å². The Bertz CT molecular complexity index is 421. The standard InChI is InChI=1S/C15H26N4O/c1-12(2)9-15(6-4-7-15)11-18-14(16-3)17-10-13-5-8-20-19-13/h5,8,12H,4,6-7,9-11H2,1-3H3,(H2,16,17,18). The fourth-order valence-electron chi connectivity index (χ4n) is 2.99. The summed E-state index contributed by atoms with van der Waals surface area (Å²) >= 11 is 0. The molecule has 0 spiro atoms. The fourth-order valence-corrected chi connectivity index (χ4v) is 2.99. The summed E-state index contributed by atoms with van der Waals surface area (Å²) in [5.74, 6) is 1.59. The lowest BCUT2D eigenvalue weighted by molar-refractivity contribution is 0.104. The molecule has 5 nitrogen and oxygen atoms in total. The van der Waals surface area contributed by atoms with Gasteiger partial charge in [-0.25, -0.2) is 0 Å². The summed E-state index contributed by atoms with van der Waals surface area (Å²) in [6, 6.07) is 1.85. The first-order valence-corrected chi connectivity index (χ1v) is 7.47. The average Bonchev–Trinajstić information content (AvgIpc) is 2.88. The summed E-state index contributed by atoms with van der Waals surface area (Å²) in [5.41, 5.74) is 1.35. The molecule has 1 saturated carbocycles. The molecule has 1 heterocycles. The molecule has 1 fully saturated rings. The molecule has 1 aliphatic rings. The lowest BCUT2D eigenvalue weighted by Crippen LogP contribution is -2.46. The highest BCUT2D eigenvalue weighted by molar-refractivity contribution is 5.79. The molecule has 0 radical (unpaired) electrons. The third-order valence-electron chi connectivity index (χ3n) is 4.04. The van der Waals surface area contributed by atoms with Gasteiger partial charge in [0.1, 0.15) is 12.0 Å². The van der Waals surface area contributed by atoms with Crippen LogP contribution in [0.15, 0.2) is 21.8 Å². The summed E-state index contributed by atoms with van der Waals surface area (Å²) < 4.78 is 4.81. The lowest BCUT2D eigenvalue weighted by atomic mass is 9.64. The van der Waals surface area contributed by atoms with Crippen LogP contribution in [0.5, 0.6) is 0 Å². The molecule has 0 aliphatic heterocycles. The van der Waals surface area contributed by atoms with Crippen molar-refractivity contribution in [3.63, 3.8) is 0 Å². The Morgan fingerprint density at radius 3 is 2.75 bits per heavy atom. The first-order chi connectivity index (χ1) is 9.63. The van der Waals surface area contributed by atoms with E-state index in [2.05, 4.69) is 34.6 Å². The van der Waals surface area contributed by atoms with Crippen molar-refractivity contribution in [2.75, 3.05) is 13.6 Å². The van der Waals surface area contributed by atoms with Crippen LogP contribution in [0.2, 0.25) is 0 Å². The van der Waals surface area contributed by atoms with Gasteiger partial charge in [-0.15, -0.1) is 0 Å². The predicted octanol–water partition coefficient (Wildman–Crippen LogP) is 2.56. The third-order valence-corrected chi connectivity index (χ3v) is 4.04. The summed E-state index contributed by atoms with van der Waals surface area (Å²) in [7, 11) is 1.80. The third kappa shape index (κ3) is 3.99. The molecule has 112 valence electrons. The smallest absolute Gasteiger partial charge is 0.191 e. The number of guanidine groups is 1. The highest BCUT2D eigenvalue weighted by Gasteiger charge is 2.37. The Morgan fingerprint density at radius 2 is 2.25 bits per heavy atom. The van der Waals surface area contributed by atoms with Crippen LogP contribution in [-0.4, -0.2) is 24.7 Å². The highest BCUT2D eigenvalue weighted by Crippen LogP contribution is 2.45. The van der Waals surface area contributed by atoms with E-state index in [1.54, 1.807) is 13.3 Å². The quantitative estimate of drug-likeness (QED) is 0.620. The van der Waals surface area contributed by atoms with E-state index >= 15 is 0 Å². The Labute approximate surface area is 121 Å². The zero-order valence-electron chi connectivity index (χ0n) is 12.8. The maximum absolute atomic E-state index is 4.81. The van der Waals surface area contributed by atoms with Gasteiger partial charge in [0.15, 0.2) is 5.96 Å². The first kappa shape index (κ1) is 14.9. The van der Waals surface area contributed by atoms with Crippen molar-refractivity contribution in [2.45, 2.75) is 46.1 Å². The van der Waals surface area contributed by atoms with Crippen molar-refractivity contribution in [1.29, 1.82) is 0 Å². The minimum atomic E-state index is 0.472. The Hall–Kier alpha value is -1.52. The second-order valence-electron chi connectivity index (χ2n) is 6.22. The van der Waals surface area contributed by atoms with Crippen LogP contribution in [0.25, 0.3) is 0 Å². The van der Waals surface area contributed by atoms with Crippen LogP contribution in [0, 0.1) is 11.3 Å². The van der Waals surface area contributed by atoms with Crippen molar-refractivity contribution in [3.8, 4) is 0 Å². The lowest BCUT2D eigenvalue weighted by Gasteiger charge is -2.43. The topological polar surface area (TPSA) is 62.5 Å². The van der Waals surface area contributed by atoms with Crippen LogP contribution in [0.4, 0.5) is 0 Å². The number of nitrogens with zero attached hydrogens (tertiary/aromatic N) is 2. The van der Waals surface area contributed by atoms with Crippen molar-refractivity contribution >= 4 is 5.96 Å². The van der Waals surface area contributed by atoms with E-state index in [4.69, 9.17) is 4.52 Å². The summed E-state index contributed by atoms with van der Waals surface area (Å²) in [4.78, 5) is 4.26. The maximum Gasteiger partial charge on any atom is 0.191 e. The van der Waals surface area contributed by atoms with E-state index < -0.39 is 0 Å². The number of hydrogen-bond donors (Lipinski definition) is 2. The van der Waals surface area contributed by atoms with Gasteiger partial charge in [-0.05, 0) is 30.6 Å². The molecular formula is C15H26N4O. The number of nitrogens with one attached hydrogen (secondary N) is 2. The molecule has 0 atom stereocenters. The first-order valence-electron chi connectivity index (χ1n) is 7.47. The van der Waals surface area contributed by atoms with Crippen molar-refractivity contribution in [3.05, 3.63) is 18.0 Å². The zero-order valence-corrected chi connectivity index (χ0v) is 12.8. The molecule has 5 heteroatoms. The zero-order chi connectivity index (χ0) is 14.4. The van der Waals surface area contributed by atoms with E-state index in [1.807, 2.05) is 6.07 Å². The molecule has 1 aromatic rings. The molecule has 2 rings (SSSR count). The van der Waals surface area contributed by atoms with Gasteiger partial charge in [-0.2, -0.15) is 0 Å². The maximum atomic E-state index is 4.81. The van der Waals surface area contributed by atoms with Gasteiger partial charge in [-0.3, -0.25) is 4.99 Å². The van der Waals surface area contributed by atoms with Gasteiger partial charge in [-0.1, -0.05) is 25.4 Å². The molecule has 0 aromatic carbocycles. The van der Waals surface area contributed by atoms with Crippen LogP contribution in [0.1, 0.15) is 45.2 Å². The molecule has 0 unspecified atom stereocenters. The van der Waals surface area contributed by atoms with Crippen molar-refractivity contribution < 1.29 is 4.52 Å². The molecule has 0 saturated heterocycles. The normalized spacial score (nSPS) is 17.9. The molecule has 1 aliphatic carbocycles. The van der Waals surface area contributed by atoms with Crippen LogP contribution in [-0.2, 0) is 6.54 Å². The van der Waals surface area contributed by atoms with Crippen LogP contribution < -0.4 is 10.6 Å². The van der Waals surface area contributed by atoms with E-state index in [-0.39, 0.29) is 0 Å². The minimum Gasteiger partial charge on any atom is -0.364 e. The van der Waals surface area contributed by atoms with Gasteiger partial charge in [0.2, 0.25) is 0 Å². The number of aromatic nitrogens is 1. The molecule has 0 amide bonds. The van der Waals surface area contributed by atoms with Gasteiger partial charge in [0, 0.05) is 19.7 Å². The number of hydrogen-bond acceptors (Lipinski definition) is 3. The molecular weight excluding hydrogens is 252 g/mol. The summed E-state index contributed by atoms with van der Waals surface area (Å²) in [6.45, 7) is 6.24. The van der Waals surface area contributed by atoms with Gasteiger partial charge < -0.3 is 15.2 Å². The monoisotopic (exact) mass is 278 g/mol. The number of aliphatic imine (C=N–C) groups is 1. The van der Waals surface area contributed by atoms with E-state index in [1.165, 1.54) is 25.7 Å². The van der Waals surface area contributed by atoms with Crippen LogP contribution >= 0.6 is 0 Å². The highest BCUT2D eigenvalue weighted by atomic mass is 16.5. The van der Waals surface area contributed by atoms with Gasteiger partial charge >= 0.3 is 0 Å². The van der Waals surface area contributed by atoms with Gasteiger partial charge in [0.05, 0.1) is 6.54 Å². The van der Waals surface area contributed by atoms with Crippen molar-refractivity contribution in [2.24, 2.45) is 16.3 Å². The van der Waals surface area contributed by atoms with Gasteiger partial charge in [0.25, 0.3) is 0 Å². The predicted molar refractivity (Wildman–Crippen MR) is 80.4 cm³/mol. The van der Waals surface area contributed by atoms with Crippen LogP contribution in [0.3, 0.4) is 0 Å². The Kier molecular flexibility index (Phi) is 5.04.